The maximum Gasteiger partial charge on any atom is 0.255 e. The van der Waals surface area contributed by atoms with E-state index < -0.39 is 11.7 Å². The molecule has 4 nitrogen and oxygen atoms in total. The summed E-state index contributed by atoms with van der Waals surface area (Å²) in [5.41, 5.74) is 2.55. The van der Waals surface area contributed by atoms with Crippen molar-refractivity contribution in [3.05, 3.63) is 94.0 Å². The molecule has 2 amide bonds. The first kappa shape index (κ1) is 21.3. The minimum atomic E-state index is -0.629. The van der Waals surface area contributed by atoms with Gasteiger partial charge in [0.25, 0.3) is 5.91 Å². The molecule has 0 aliphatic carbocycles. The fourth-order valence-electron chi connectivity index (χ4n) is 3.41. The second kappa shape index (κ2) is 8.69. The van der Waals surface area contributed by atoms with Crippen LogP contribution in [0.3, 0.4) is 0 Å². The topological polar surface area (TPSA) is 49.4 Å². The van der Waals surface area contributed by atoms with Crippen molar-refractivity contribution in [1.29, 1.82) is 0 Å². The van der Waals surface area contributed by atoms with Crippen LogP contribution in [-0.2, 0) is 4.79 Å². The van der Waals surface area contributed by atoms with E-state index in [4.69, 9.17) is 11.6 Å². The summed E-state index contributed by atoms with van der Waals surface area (Å²) in [4.78, 5) is 26.8. The number of carbonyl (C=O) groups excluding carboxylic acids is 2. The molecule has 8 heteroatoms. The van der Waals surface area contributed by atoms with Gasteiger partial charge in [-0.25, -0.2) is 8.78 Å². The summed E-state index contributed by atoms with van der Waals surface area (Å²) in [7, 11) is 0. The highest BCUT2D eigenvalue weighted by molar-refractivity contribution is 8.00. The molecule has 0 spiro atoms. The van der Waals surface area contributed by atoms with Crippen molar-refractivity contribution in [3.8, 4) is 0 Å². The Morgan fingerprint density at radius 2 is 1.84 bits per heavy atom. The maximum absolute atomic E-state index is 14.0. The molecule has 1 unspecified atom stereocenters. The van der Waals surface area contributed by atoms with Crippen LogP contribution in [0.25, 0.3) is 0 Å². The zero-order valence-corrected chi connectivity index (χ0v) is 17.9. The zero-order chi connectivity index (χ0) is 22.1. The van der Waals surface area contributed by atoms with Gasteiger partial charge in [-0.2, -0.15) is 0 Å². The largest absolute Gasteiger partial charge is 0.319 e. The van der Waals surface area contributed by atoms with Crippen molar-refractivity contribution < 1.29 is 18.4 Å². The molecule has 0 aromatic heterocycles. The number of aryl methyl sites for hydroxylation is 1. The summed E-state index contributed by atoms with van der Waals surface area (Å²) in [6, 6.07) is 15.0. The average molecular weight is 459 g/mol. The molecule has 1 aliphatic rings. The van der Waals surface area contributed by atoms with Gasteiger partial charge in [-0.05, 0) is 66.6 Å². The highest BCUT2D eigenvalue weighted by atomic mass is 35.5. The van der Waals surface area contributed by atoms with Crippen molar-refractivity contribution in [2.24, 2.45) is 0 Å². The number of amides is 2. The van der Waals surface area contributed by atoms with E-state index in [1.165, 1.54) is 36.0 Å². The fourth-order valence-corrected chi connectivity index (χ4v) is 4.74. The van der Waals surface area contributed by atoms with Crippen LogP contribution in [0.4, 0.5) is 20.2 Å². The number of carbonyl (C=O) groups is 2. The lowest BCUT2D eigenvalue weighted by molar-refractivity contribution is -0.115. The molecule has 1 heterocycles. The van der Waals surface area contributed by atoms with E-state index >= 15 is 0 Å². The molecule has 1 saturated heterocycles. The van der Waals surface area contributed by atoms with Crippen LogP contribution in [-0.4, -0.2) is 17.6 Å². The highest BCUT2D eigenvalue weighted by Crippen LogP contribution is 2.42. The summed E-state index contributed by atoms with van der Waals surface area (Å²) in [5.74, 6) is -1.21. The summed E-state index contributed by atoms with van der Waals surface area (Å²) < 4.78 is 27.3. The minimum Gasteiger partial charge on any atom is -0.319 e. The number of hydrogen-bond acceptors (Lipinski definition) is 3. The Morgan fingerprint density at radius 1 is 1.10 bits per heavy atom. The van der Waals surface area contributed by atoms with E-state index in [2.05, 4.69) is 5.32 Å². The van der Waals surface area contributed by atoms with E-state index in [1.54, 1.807) is 42.2 Å². The van der Waals surface area contributed by atoms with Crippen molar-refractivity contribution in [1.82, 2.24) is 0 Å². The minimum absolute atomic E-state index is 0.0265. The van der Waals surface area contributed by atoms with Crippen LogP contribution in [0.15, 0.2) is 60.7 Å². The zero-order valence-electron chi connectivity index (χ0n) is 16.4. The molecule has 3 aromatic carbocycles. The fraction of sp³-hybridized carbons (Fsp3) is 0.130. The second-order valence-corrected chi connectivity index (χ2v) is 8.56. The van der Waals surface area contributed by atoms with Gasteiger partial charge in [0, 0.05) is 16.3 Å². The molecule has 4 rings (SSSR count). The molecule has 1 atom stereocenters. The van der Waals surface area contributed by atoms with Gasteiger partial charge in [-0.15, -0.1) is 11.8 Å². The summed E-state index contributed by atoms with van der Waals surface area (Å²) in [6.45, 7) is 1.80. The SMILES string of the molecule is Cc1cc(C(=O)Nc2ccc(Cl)cc2F)ccc1N1C(=O)CSC1c1ccc(F)cc1. The third kappa shape index (κ3) is 4.43. The van der Waals surface area contributed by atoms with Crippen molar-refractivity contribution in [2.75, 3.05) is 16.0 Å². The standard InChI is InChI=1S/C23H17ClF2N2O2S/c1-13-10-15(22(30)27-19-8-5-16(24)11-18(19)26)4-9-20(13)28-21(29)12-31-23(28)14-2-6-17(25)7-3-14/h2-11,23H,12H2,1H3,(H,27,30). The van der Waals surface area contributed by atoms with Crippen molar-refractivity contribution in [2.45, 2.75) is 12.3 Å². The Hall–Kier alpha value is -2.90. The Balaban J connectivity index is 1.59. The lowest BCUT2D eigenvalue weighted by Gasteiger charge is -2.26. The van der Waals surface area contributed by atoms with Crippen LogP contribution in [0, 0.1) is 18.6 Å². The summed E-state index contributed by atoms with van der Waals surface area (Å²) in [6.07, 6.45) is 0. The van der Waals surface area contributed by atoms with Crippen LogP contribution < -0.4 is 10.2 Å². The lowest BCUT2D eigenvalue weighted by Crippen LogP contribution is -2.28. The molecular formula is C23H17ClF2N2O2S. The number of anilines is 2. The van der Waals surface area contributed by atoms with Gasteiger partial charge >= 0.3 is 0 Å². The highest BCUT2D eigenvalue weighted by Gasteiger charge is 2.35. The number of rotatable bonds is 4. The number of nitrogens with one attached hydrogen (secondary N) is 1. The number of halogens is 3. The van der Waals surface area contributed by atoms with Gasteiger partial charge in [0.2, 0.25) is 5.91 Å². The molecular weight excluding hydrogens is 442 g/mol. The van der Waals surface area contributed by atoms with E-state index in [0.717, 1.165) is 11.6 Å². The molecule has 31 heavy (non-hydrogen) atoms. The molecule has 0 saturated carbocycles. The van der Waals surface area contributed by atoms with Gasteiger partial charge < -0.3 is 5.32 Å². The van der Waals surface area contributed by atoms with Gasteiger partial charge in [0.05, 0.1) is 11.4 Å². The van der Waals surface area contributed by atoms with Crippen LogP contribution in [0.1, 0.15) is 26.9 Å². The molecule has 0 bridgehead atoms. The summed E-state index contributed by atoms with van der Waals surface area (Å²) >= 11 is 7.20. The number of nitrogens with zero attached hydrogens (tertiary/aromatic N) is 1. The van der Waals surface area contributed by atoms with Gasteiger partial charge in [-0.1, -0.05) is 23.7 Å². The smallest absolute Gasteiger partial charge is 0.255 e. The monoisotopic (exact) mass is 458 g/mol. The van der Waals surface area contributed by atoms with Crippen molar-refractivity contribution in [3.63, 3.8) is 0 Å². The van der Waals surface area contributed by atoms with Gasteiger partial charge in [-0.3, -0.25) is 14.5 Å². The molecule has 0 radical (unpaired) electrons. The quantitative estimate of drug-likeness (QED) is 0.525. The molecule has 1 N–H and O–H groups in total. The molecule has 1 fully saturated rings. The molecule has 3 aromatic rings. The Labute approximate surface area is 187 Å². The normalized spacial score (nSPS) is 15.9. The van der Waals surface area contributed by atoms with Crippen molar-refractivity contribution >= 4 is 46.6 Å². The lowest BCUT2D eigenvalue weighted by atomic mass is 10.1. The first-order valence-electron chi connectivity index (χ1n) is 9.39. The Bertz CT molecular complexity index is 1170. The van der Waals surface area contributed by atoms with E-state index in [1.807, 2.05) is 0 Å². The summed E-state index contributed by atoms with van der Waals surface area (Å²) in [5, 5.41) is 2.48. The molecule has 158 valence electrons. The van der Waals surface area contributed by atoms with E-state index in [9.17, 15) is 18.4 Å². The maximum atomic E-state index is 14.0. The first-order valence-corrected chi connectivity index (χ1v) is 10.8. The van der Waals surface area contributed by atoms with Crippen LogP contribution in [0.5, 0.6) is 0 Å². The Kier molecular flexibility index (Phi) is 5.98. The molecule has 1 aliphatic heterocycles. The van der Waals surface area contributed by atoms with Gasteiger partial charge in [0.15, 0.2) is 0 Å². The van der Waals surface area contributed by atoms with Crippen LogP contribution >= 0.6 is 23.4 Å². The second-order valence-electron chi connectivity index (χ2n) is 7.06. The third-order valence-electron chi connectivity index (χ3n) is 4.92. The average Bonchev–Trinajstić information content (AvgIpc) is 3.11. The van der Waals surface area contributed by atoms with Gasteiger partial charge in [0.1, 0.15) is 17.0 Å². The predicted octanol–water partition coefficient (Wildman–Crippen LogP) is 5.96. The first-order chi connectivity index (χ1) is 14.8. The number of benzene rings is 3. The number of hydrogen-bond donors (Lipinski definition) is 1. The number of thioether (sulfide) groups is 1. The Morgan fingerprint density at radius 3 is 2.52 bits per heavy atom. The third-order valence-corrected chi connectivity index (χ3v) is 6.37. The predicted molar refractivity (Wildman–Crippen MR) is 120 cm³/mol. The van der Waals surface area contributed by atoms with E-state index in [0.29, 0.717) is 22.6 Å². The van der Waals surface area contributed by atoms with Crippen LogP contribution in [0.2, 0.25) is 5.02 Å². The van der Waals surface area contributed by atoms with E-state index in [-0.39, 0.29) is 27.8 Å².